The summed E-state index contributed by atoms with van der Waals surface area (Å²) in [7, 11) is 1.64. The van der Waals surface area contributed by atoms with Gasteiger partial charge in [-0.2, -0.15) is 0 Å². The summed E-state index contributed by atoms with van der Waals surface area (Å²) >= 11 is 0. The molecule has 4 heteroatoms. The molecule has 0 spiro atoms. The summed E-state index contributed by atoms with van der Waals surface area (Å²) in [6.45, 7) is 4.05. The van der Waals surface area contributed by atoms with Crippen molar-refractivity contribution in [2.75, 3.05) is 7.11 Å². The maximum Gasteiger partial charge on any atom is 0.268 e. The highest BCUT2D eigenvalue weighted by Gasteiger charge is 2.16. The van der Waals surface area contributed by atoms with E-state index in [1.807, 2.05) is 35.9 Å². The average molecular weight is 308 g/mol. The number of H-pyrrole nitrogens is 1. The lowest BCUT2D eigenvalue weighted by Crippen LogP contribution is -2.06. The van der Waals surface area contributed by atoms with Gasteiger partial charge in [0.1, 0.15) is 5.75 Å². The van der Waals surface area contributed by atoms with E-state index in [1.165, 1.54) is 5.56 Å². The summed E-state index contributed by atoms with van der Waals surface area (Å²) in [5.41, 5.74) is 4.80. The fraction of sp³-hybridized carbons (Fsp3) is 0.211. The monoisotopic (exact) mass is 308 g/mol. The van der Waals surface area contributed by atoms with Crippen LogP contribution in [0, 0.1) is 6.92 Å². The van der Waals surface area contributed by atoms with E-state index < -0.39 is 0 Å². The molecular weight excluding hydrogens is 288 g/mol. The van der Waals surface area contributed by atoms with Gasteiger partial charge in [-0.05, 0) is 37.6 Å². The van der Waals surface area contributed by atoms with Crippen LogP contribution in [-0.2, 0) is 6.42 Å². The molecular formula is C19H20N2O2. The lowest BCUT2D eigenvalue weighted by Gasteiger charge is -2.11. The second-order valence-electron chi connectivity index (χ2n) is 5.52. The molecule has 0 fully saturated rings. The normalized spacial score (nSPS) is 10.7. The zero-order valence-corrected chi connectivity index (χ0v) is 13.6. The Morgan fingerprint density at radius 3 is 2.26 bits per heavy atom. The third-order valence-electron chi connectivity index (χ3n) is 4.01. The molecule has 0 unspecified atom stereocenters. The highest BCUT2D eigenvalue weighted by Crippen LogP contribution is 2.26. The molecule has 3 rings (SSSR count). The van der Waals surface area contributed by atoms with Gasteiger partial charge in [-0.25, -0.2) is 0 Å². The number of benzene rings is 2. The molecule has 0 atom stereocenters. The molecule has 1 heterocycles. The fourth-order valence-electron chi connectivity index (χ4n) is 2.74. The maximum absolute atomic E-state index is 12.3. The Bertz CT molecular complexity index is 856. The van der Waals surface area contributed by atoms with Crippen LogP contribution in [-0.4, -0.2) is 16.9 Å². The first-order valence-corrected chi connectivity index (χ1v) is 7.69. The topological polar surface area (TPSA) is 47.0 Å². The number of aryl methyl sites for hydroxylation is 1. The molecule has 3 aromatic rings. The Balaban J connectivity index is 2.20. The Morgan fingerprint density at radius 1 is 1.04 bits per heavy atom. The lowest BCUT2D eigenvalue weighted by atomic mass is 10.0. The molecule has 0 bridgehead atoms. The van der Waals surface area contributed by atoms with Crippen molar-refractivity contribution in [1.82, 2.24) is 9.78 Å². The summed E-state index contributed by atoms with van der Waals surface area (Å²) in [5, 5.41) is 2.95. The van der Waals surface area contributed by atoms with Gasteiger partial charge in [0.15, 0.2) is 0 Å². The number of aromatic amines is 1. The van der Waals surface area contributed by atoms with E-state index in [4.69, 9.17) is 4.74 Å². The number of methoxy groups -OCH3 is 1. The number of nitrogens with one attached hydrogen (secondary N) is 1. The van der Waals surface area contributed by atoms with E-state index in [1.54, 1.807) is 7.11 Å². The second-order valence-corrected chi connectivity index (χ2v) is 5.52. The van der Waals surface area contributed by atoms with Gasteiger partial charge in [0.2, 0.25) is 0 Å². The molecule has 0 saturated carbocycles. The Morgan fingerprint density at radius 2 is 1.70 bits per heavy atom. The summed E-state index contributed by atoms with van der Waals surface area (Å²) in [6.07, 6.45) is 0.682. The first-order valence-electron chi connectivity index (χ1n) is 7.69. The standard InChI is InChI=1S/C19H20N2O2/c1-4-17-18(14-7-5-13(2)6-8-14)21(20-19(17)22)15-9-11-16(23-3)12-10-15/h5-12H,4H2,1-3H3,(H,20,22). The van der Waals surface area contributed by atoms with E-state index in [0.29, 0.717) is 6.42 Å². The molecule has 4 nitrogen and oxygen atoms in total. The minimum absolute atomic E-state index is 0.0427. The zero-order chi connectivity index (χ0) is 16.4. The van der Waals surface area contributed by atoms with Gasteiger partial charge < -0.3 is 4.74 Å². The number of hydrogen-bond acceptors (Lipinski definition) is 2. The van der Waals surface area contributed by atoms with E-state index >= 15 is 0 Å². The van der Waals surface area contributed by atoms with Crippen LogP contribution in [0.4, 0.5) is 0 Å². The van der Waals surface area contributed by atoms with Gasteiger partial charge >= 0.3 is 0 Å². The molecule has 0 aliphatic rings. The fourth-order valence-corrected chi connectivity index (χ4v) is 2.74. The third-order valence-corrected chi connectivity index (χ3v) is 4.01. The number of hydrogen-bond donors (Lipinski definition) is 1. The first kappa shape index (κ1) is 15.2. The van der Waals surface area contributed by atoms with E-state index in [2.05, 4.69) is 36.3 Å². The minimum Gasteiger partial charge on any atom is -0.497 e. The number of aromatic nitrogens is 2. The zero-order valence-electron chi connectivity index (χ0n) is 13.6. The van der Waals surface area contributed by atoms with Crippen LogP contribution >= 0.6 is 0 Å². The lowest BCUT2D eigenvalue weighted by molar-refractivity contribution is 0.414. The van der Waals surface area contributed by atoms with Crippen LogP contribution in [0.3, 0.4) is 0 Å². The van der Waals surface area contributed by atoms with Crippen molar-refractivity contribution in [3.8, 4) is 22.7 Å². The van der Waals surface area contributed by atoms with Crippen molar-refractivity contribution in [1.29, 1.82) is 0 Å². The smallest absolute Gasteiger partial charge is 0.268 e. The molecule has 0 saturated heterocycles. The van der Waals surface area contributed by atoms with Crippen molar-refractivity contribution in [2.45, 2.75) is 20.3 Å². The van der Waals surface area contributed by atoms with Crippen LogP contribution < -0.4 is 10.3 Å². The van der Waals surface area contributed by atoms with Crippen molar-refractivity contribution in [2.24, 2.45) is 0 Å². The summed E-state index contributed by atoms with van der Waals surface area (Å²) in [4.78, 5) is 12.3. The van der Waals surface area contributed by atoms with Gasteiger partial charge in [-0.3, -0.25) is 14.6 Å². The van der Waals surface area contributed by atoms with Gasteiger partial charge in [-0.15, -0.1) is 0 Å². The Kier molecular flexibility index (Phi) is 4.06. The number of rotatable bonds is 4. The molecule has 0 radical (unpaired) electrons. The van der Waals surface area contributed by atoms with Gasteiger partial charge in [0.05, 0.1) is 18.5 Å². The largest absolute Gasteiger partial charge is 0.497 e. The predicted molar refractivity (Wildman–Crippen MR) is 92.5 cm³/mol. The number of nitrogens with zero attached hydrogens (tertiary/aromatic N) is 1. The van der Waals surface area contributed by atoms with Crippen LogP contribution in [0.2, 0.25) is 0 Å². The first-order chi connectivity index (χ1) is 11.1. The van der Waals surface area contributed by atoms with Gasteiger partial charge in [0, 0.05) is 11.1 Å². The summed E-state index contributed by atoms with van der Waals surface area (Å²) in [5.74, 6) is 0.788. The minimum atomic E-state index is -0.0427. The third kappa shape index (κ3) is 2.80. The van der Waals surface area contributed by atoms with E-state index in [-0.39, 0.29) is 5.56 Å². The molecule has 1 N–H and O–H groups in total. The maximum atomic E-state index is 12.3. The highest BCUT2D eigenvalue weighted by molar-refractivity contribution is 5.66. The van der Waals surface area contributed by atoms with E-state index in [9.17, 15) is 4.79 Å². The SMILES string of the molecule is CCc1c(-c2ccc(C)cc2)n(-c2ccc(OC)cc2)[nH]c1=O. The second kappa shape index (κ2) is 6.16. The molecule has 23 heavy (non-hydrogen) atoms. The van der Waals surface area contributed by atoms with Crippen molar-refractivity contribution < 1.29 is 4.74 Å². The van der Waals surface area contributed by atoms with Crippen LogP contribution in [0.15, 0.2) is 53.3 Å². The van der Waals surface area contributed by atoms with Crippen LogP contribution in [0.5, 0.6) is 5.75 Å². The quantitative estimate of drug-likeness (QED) is 0.798. The molecule has 2 aromatic carbocycles. The molecule has 0 aliphatic carbocycles. The van der Waals surface area contributed by atoms with Gasteiger partial charge in [-0.1, -0.05) is 36.8 Å². The average Bonchev–Trinajstić information content (AvgIpc) is 2.92. The highest BCUT2D eigenvalue weighted by atomic mass is 16.5. The van der Waals surface area contributed by atoms with Crippen molar-refractivity contribution >= 4 is 0 Å². The molecule has 118 valence electrons. The molecule has 0 amide bonds. The Hall–Kier alpha value is -2.75. The Labute approximate surface area is 135 Å². The molecule has 1 aromatic heterocycles. The van der Waals surface area contributed by atoms with Gasteiger partial charge in [0.25, 0.3) is 5.56 Å². The summed E-state index contributed by atoms with van der Waals surface area (Å²) < 4.78 is 7.05. The van der Waals surface area contributed by atoms with Crippen molar-refractivity contribution in [3.63, 3.8) is 0 Å². The summed E-state index contributed by atoms with van der Waals surface area (Å²) in [6, 6.07) is 15.9. The van der Waals surface area contributed by atoms with Crippen LogP contribution in [0.1, 0.15) is 18.1 Å². The predicted octanol–water partition coefficient (Wildman–Crippen LogP) is 3.71. The number of ether oxygens (including phenoxy) is 1. The van der Waals surface area contributed by atoms with Crippen molar-refractivity contribution in [3.05, 3.63) is 70.0 Å². The van der Waals surface area contributed by atoms with E-state index in [0.717, 1.165) is 28.3 Å². The molecule has 0 aliphatic heterocycles. The van der Waals surface area contributed by atoms with Crippen LogP contribution in [0.25, 0.3) is 16.9 Å².